The Hall–Kier alpha value is -3.52. The molecule has 4 aromatic rings. The van der Waals surface area contributed by atoms with Crippen molar-refractivity contribution in [3.8, 4) is 22.6 Å². The molecule has 0 bridgehead atoms. The Morgan fingerprint density at radius 2 is 2.00 bits per heavy atom. The third-order valence-electron chi connectivity index (χ3n) is 3.97. The number of amides is 1. The van der Waals surface area contributed by atoms with Crippen LogP contribution in [0.1, 0.15) is 16.1 Å². The fraction of sp³-hybridized carbons (Fsp3) is 0.0556. The van der Waals surface area contributed by atoms with Crippen molar-refractivity contribution >= 4 is 23.2 Å². The molecule has 0 fully saturated rings. The van der Waals surface area contributed by atoms with Gasteiger partial charge >= 0.3 is 0 Å². The first-order valence-electron chi connectivity index (χ1n) is 8.00. The number of carbonyl (C=O) groups is 1. The highest BCUT2D eigenvalue weighted by atomic mass is 35.5. The average molecular weight is 381 g/mol. The molecule has 2 aromatic carbocycles. The van der Waals surface area contributed by atoms with Gasteiger partial charge in [0, 0.05) is 16.1 Å². The second-order valence-electron chi connectivity index (χ2n) is 5.72. The zero-order valence-electron chi connectivity index (χ0n) is 14.1. The van der Waals surface area contributed by atoms with Crippen molar-refractivity contribution < 1.29 is 9.32 Å². The maximum absolute atomic E-state index is 13.0. The lowest BCUT2D eigenvalue weighted by molar-refractivity contribution is 0.102. The van der Waals surface area contributed by atoms with Crippen LogP contribution >= 0.6 is 11.6 Å². The molecule has 9 heteroatoms. The van der Waals surface area contributed by atoms with E-state index in [0.29, 0.717) is 39.1 Å². The molecule has 134 valence electrons. The number of benzene rings is 2. The monoisotopic (exact) mass is 380 g/mol. The molecule has 0 radical (unpaired) electrons. The number of aromatic amines is 1. The van der Waals surface area contributed by atoms with Crippen LogP contribution in [-0.2, 0) is 0 Å². The number of H-pyrrole nitrogens is 1. The summed E-state index contributed by atoms with van der Waals surface area (Å²) >= 11 is 6.10. The number of carbonyl (C=O) groups excluding carboxylic acids is 1. The third kappa shape index (κ3) is 3.30. The van der Waals surface area contributed by atoms with Crippen molar-refractivity contribution in [1.82, 2.24) is 25.8 Å². The average Bonchev–Trinajstić information content (AvgIpc) is 3.32. The lowest BCUT2D eigenvalue weighted by Gasteiger charge is -2.10. The van der Waals surface area contributed by atoms with E-state index in [9.17, 15) is 4.79 Å². The van der Waals surface area contributed by atoms with Crippen molar-refractivity contribution in [2.75, 3.05) is 5.32 Å². The molecule has 1 amide bonds. The van der Waals surface area contributed by atoms with E-state index in [1.54, 1.807) is 25.1 Å². The van der Waals surface area contributed by atoms with Crippen LogP contribution < -0.4 is 5.32 Å². The Balaban J connectivity index is 1.73. The van der Waals surface area contributed by atoms with Crippen LogP contribution in [0.25, 0.3) is 22.6 Å². The summed E-state index contributed by atoms with van der Waals surface area (Å²) in [5.41, 5.74) is 2.67. The number of tetrazole rings is 1. The van der Waals surface area contributed by atoms with E-state index in [0.717, 1.165) is 5.56 Å². The molecule has 0 aliphatic carbocycles. The standard InChI is InChI=1S/C18H13ClN6O2/c1-10-15(16(23-27-10)11-5-3-2-4-6-11)18(26)20-14-9-12(19)7-8-13(14)17-21-24-25-22-17/h2-9H,1H3,(H,20,26)(H,21,22,24,25). The number of aryl methyl sites for hydroxylation is 1. The molecular weight excluding hydrogens is 368 g/mol. The first-order chi connectivity index (χ1) is 13.1. The summed E-state index contributed by atoms with van der Waals surface area (Å²) in [5, 5.41) is 21.1. The van der Waals surface area contributed by atoms with Gasteiger partial charge in [-0.25, -0.2) is 5.10 Å². The Morgan fingerprint density at radius 1 is 1.19 bits per heavy atom. The van der Waals surface area contributed by atoms with Gasteiger partial charge < -0.3 is 9.84 Å². The van der Waals surface area contributed by atoms with E-state index in [2.05, 4.69) is 31.1 Å². The van der Waals surface area contributed by atoms with Gasteiger partial charge in [0.25, 0.3) is 5.91 Å². The van der Waals surface area contributed by atoms with Gasteiger partial charge in [-0.05, 0) is 35.5 Å². The molecule has 0 atom stereocenters. The number of rotatable bonds is 4. The van der Waals surface area contributed by atoms with Crippen LogP contribution in [0.15, 0.2) is 53.1 Å². The molecule has 0 aliphatic heterocycles. The minimum atomic E-state index is -0.372. The van der Waals surface area contributed by atoms with Crippen molar-refractivity contribution in [2.24, 2.45) is 0 Å². The number of nitrogens with zero attached hydrogens (tertiary/aromatic N) is 4. The van der Waals surface area contributed by atoms with Gasteiger partial charge in [-0.2, -0.15) is 0 Å². The summed E-state index contributed by atoms with van der Waals surface area (Å²) in [6, 6.07) is 14.4. The van der Waals surface area contributed by atoms with Gasteiger partial charge in [-0.3, -0.25) is 4.79 Å². The maximum Gasteiger partial charge on any atom is 0.261 e. The van der Waals surface area contributed by atoms with Gasteiger partial charge in [0.05, 0.1) is 5.69 Å². The summed E-state index contributed by atoms with van der Waals surface area (Å²) in [4.78, 5) is 13.0. The second-order valence-corrected chi connectivity index (χ2v) is 6.16. The number of aromatic nitrogens is 5. The van der Waals surface area contributed by atoms with Crippen LogP contribution in [-0.4, -0.2) is 31.7 Å². The van der Waals surface area contributed by atoms with Crippen LogP contribution in [0, 0.1) is 6.92 Å². The molecule has 2 heterocycles. The first kappa shape index (κ1) is 16.9. The summed E-state index contributed by atoms with van der Waals surface area (Å²) in [6.45, 7) is 1.69. The lowest BCUT2D eigenvalue weighted by atomic mass is 10.1. The highest BCUT2D eigenvalue weighted by molar-refractivity contribution is 6.31. The van der Waals surface area contributed by atoms with E-state index < -0.39 is 0 Å². The van der Waals surface area contributed by atoms with Crippen LogP contribution in [0.2, 0.25) is 5.02 Å². The Labute approximate surface area is 158 Å². The summed E-state index contributed by atoms with van der Waals surface area (Å²) in [7, 11) is 0. The molecular formula is C18H13ClN6O2. The van der Waals surface area contributed by atoms with Crippen molar-refractivity contribution in [1.29, 1.82) is 0 Å². The van der Waals surface area contributed by atoms with Crippen LogP contribution in [0.5, 0.6) is 0 Å². The number of nitrogens with one attached hydrogen (secondary N) is 2. The van der Waals surface area contributed by atoms with Gasteiger partial charge in [0.1, 0.15) is 17.0 Å². The van der Waals surface area contributed by atoms with E-state index in [-0.39, 0.29) is 5.91 Å². The number of halogens is 1. The van der Waals surface area contributed by atoms with Gasteiger partial charge in [-0.1, -0.05) is 47.1 Å². The first-order valence-corrected chi connectivity index (χ1v) is 8.38. The minimum Gasteiger partial charge on any atom is -0.360 e. The number of anilines is 1. The van der Waals surface area contributed by atoms with Gasteiger partial charge in [0.15, 0.2) is 5.82 Å². The van der Waals surface area contributed by atoms with Crippen molar-refractivity contribution in [3.05, 3.63) is 64.9 Å². The summed E-state index contributed by atoms with van der Waals surface area (Å²) < 4.78 is 5.26. The predicted molar refractivity (Wildman–Crippen MR) is 99.3 cm³/mol. The van der Waals surface area contributed by atoms with E-state index in [1.807, 2.05) is 30.3 Å². The van der Waals surface area contributed by atoms with E-state index >= 15 is 0 Å². The molecule has 0 saturated carbocycles. The summed E-state index contributed by atoms with van der Waals surface area (Å²) in [5.74, 6) is 0.451. The van der Waals surface area contributed by atoms with Crippen molar-refractivity contribution in [3.63, 3.8) is 0 Å². The minimum absolute atomic E-state index is 0.350. The van der Waals surface area contributed by atoms with Gasteiger partial charge in [0.2, 0.25) is 0 Å². The summed E-state index contributed by atoms with van der Waals surface area (Å²) in [6.07, 6.45) is 0. The second kappa shape index (κ2) is 7.00. The fourth-order valence-electron chi connectivity index (χ4n) is 2.72. The van der Waals surface area contributed by atoms with Crippen molar-refractivity contribution in [2.45, 2.75) is 6.92 Å². The SMILES string of the molecule is Cc1onc(-c2ccccc2)c1C(=O)Nc1cc(Cl)ccc1-c1nnn[nH]1. The molecule has 4 rings (SSSR count). The molecule has 2 aromatic heterocycles. The highest BCUT2D eigenvalue weighted by Crippen LogP contribution is 2.30. The number of hydrogen-bond donors (Lipinski definition) is 2. The maximum atomic E-state index is 13.0. The lowest BCUT2D eigenvalue weighted by Crippen LogP contribution is -2.14. The quantitative estimate of drug-likeness (QED) is 0.558. The fourth-order valence-corrected chi connectivity index (χ4v) is 2.89. The van der Waals surface area contributed by atoms with E-state index in [4.69, 9.17) is 16.1 Å². The third-order valence-corrected chi connectivity index (χ3v) is 4.20. The largest absolute Gasteiger partial charge is 0.360 e. The molecule has 0 saturated heterocycles. The molecule has 0 spiro atoms. The van der Waals surface area contributed by atoms with Crippen LogP contribution in [0.4, 0.5) is 5.69 Å². The Kier molecular flexibility index (Phi) is 4.39. The normalized spacial score (nSPS) is 10.7. The van der Waals surface area contributed by atoms with Crippen LogP contribution in [0.3, 0.4) is 0 Å². The Morgan fingerprint density at radius 3 is 2.74 bits per heavy atom. The van der Waals surface area contributed by atoms with Gasteiger partial charge in [-0.15, -0.1) is 5.10 Å². The zero-order chi connectivity index (χ0) is 18.8. The molecule has 0 aliphatic rings. The molecule has 2 N–H and O–H groups in total. The Bertz CT molecular complexity index is 1090. The molecule has 0 unspecified atom stereocenters. The zero-order valence-corrected chi connectivity index (χ0v) is 14.9. The highest BCUT2D eigenvalue weighted by Gasteiger charge is 2.23. The molecule has 27 heavy (non-hydrogen) atoms. The predicted octanol–water partition coefficient (Wildman–Crippen LogP) is 3.74. The number of hydrogen-bond acceptors (Lipinski definition) is 6. The van der Waals surface area contributed by atoms with E-state index in [1.165, 1.54) is 0 Å². The molecule has 8 nitrogen and oxygen atoms in total. The smallest absolute Gasteiger partial charge is 0.261 e. The topological polar surface area (TPSA) is 110 Å².